The summed E-state index contributed by atoms with van der Waals surface area (Å²) in [5, 5.41) is 2.55. The number of fused-ring (bicyclic) bond motifs is 1. The van der Waals surface area contributed by atoms with E-state index < -0.39 is 34.4 Å². The van der Waals surface area contributed by atoms with Gasteiger partial charge >= 0.3 is 5.97 Å². The van der Waals surface area contributed by atoms with Crippen LogP contribution in [-0.2, 0) is 24.2 Å². The van der Waals surface area contributed by atoms with Crippen LogP contribution in [0, 0.1) is 0 Å². The molecule has 1 saturated heterocycles. The Balaban J connectivity index is 1.66. The summed E-state index contributed by atoms with van der Waals surface area (Å²) in [5.41, 5.74) is 0.775. The van der Waals surface area contributed by atoms with Crippen molar-refractivity contribution in [2.45, 2.75) is 55.8 Å². The number of benzene rings is 1. The SMILES string of the molecule is CCC(C)N(C(=O)COC(=O)c1ccc2c(c1)NC(=O)C(C)S2)C1CCS(=O)(=O)C1. The number of nitrogens with one attached hydrogen (secondary N) is 1. The Bertz CT molecular complexity index is 962. The van der Waals surface area contributed by atoms with E-state index in [-0.39, 0.29) is 34.3 Å². The molecule has 2 heterocycles. The van der Waals surface area contributed by atoms with Crippen LogP contribution in [-0.4, -0.2) is 66.5 Å². The van der Waals surface area contributed by atoms with Gasteiger partial charge in [0.2, 0.25) is 5.91 Å². The standard InChI is InChI=1S/C20H26N2O6S2/c1-4-12(2)22(15-7-8-30(26,27)11-15)18(23)10-28-20(25)14-5-6-17-16(9-14)21-19(24)13(3)29-17/h5-6,9,12-13,15H,4,7-8,10-11H2,1-3H3,(H,21,24). The van der Waals surface area contributed by atoms with Crippen molar-refractivity contribution in [1.29, 1.82) is 0 Å². The molecule has 0 spiro atoms. The first kappa shape index (κ1) is 22.6. The fourth-order valence-corrected chi connectivity index (χ4v) is 6.26. The highest BCUT2D eigenvalue weighted by molar-refractivity contribution is 8.01. The van der Waals surface area contributed by atoms with Gasteiger partial charge in [0.1, 0.15) is 0 Å². The number of nitrogens with zero attached hydrogens (tertiary/aromatic N) is 1. The van der Waals surface area contributed by atoms with E-state index in [2.05, 4.69) is 5.32 Å². The summed E-state index contributed by atoms with van der Waals surface area (Å²) in [5.74, 6) is -1.21. The van der Waals surface area contributed by atoms with Crippen molar-refractivity contribution in [3.63, 3.8) is 0 Å². The largest absolute Gasteiger partial charge is 0.452 e. The molecule has 1 aromatic carbocycles. The van der Waals surface area contributed by atoms with E-state index in [0.29, 0.717) is 18.5 Å². The minimum Gasteiger partial charge on any atom is -0.452 e. The zero-order chi connectivity index (χ0) is 22.1. The Morgan fingerprint density at radius 3 is 2.73 bits per heavy atom. The molecule has 3 rings (SSSR count). The van der Waals surface area contributed by atoms with Gasteiger partial charge in [-0.05, 0) is 44.9 Å². The lowest BCUT2D eigenvalue weighted by Gasteiger charge is -2.33. The second kappa shape index (κ2) is 8.97. The minimum absolute atomic E-state index is 0.0579. The third-order valence-electron chi connectivity index (χ3n) is 5.43. The maximum atomic E-state index is 12.8. The molecule has 3 atom stereocenters. The van der Waals surface area contributed by atoms with Gasteiger partial charge in [0.25, 0.3) is 5.91 Å². The van der Waals surface area contributed by atoms with E-state index in [1.165, 1.54) is 17.8 Å². The zero-order valence-corrected chi connectivity index (χ0v) is 18.8. The van der Waals surface area contributed by atoms with Crippen molar-refractivity contribution in [2.24, 2.45) is 0 Å². The highest BCUT2D eigenvalue weighted by Gasteiger charge is 2.36. The quantitative estimate of drug-likeness (QED) is 0.656. The van der Waals surface area contributed by atoms with Crippen LogP contribution in [0.1, 0.15) is 44.0 Å². The molecule has 8 nitrogen and oxygen atoms in total. The summed E-state index contributed by atoms with van der Waals surface area (Å²) in [7, 11) is -3.15. The Kier molecular flexibility index (Phi) is 6.76. The van der Waals surface area contributed by atoms with Crippen molar-refractivity contribution in [1.82, 2.24) is 4.90 Å². The number of thioether (sulfide) groups is 1. The summed E-state index contributed by atoms with van der Waals surface area (Å²) < 4.78 is 28.9. The molecule has 2 amide bonds. The summed E-state index contributed by atoms with van der Waals surface area (Å²) in [4.78, 5) is 39.5. The van der Waals surface area contributed by atoms with Gasteiger partial charge in [-0.2, -0.15) is 0 Å². The number of carbonyl (C=O) groups excluding carboxylic acids is 3. The summed E-state index contributed by atoms with van der Waals surface area (Å²) in [6.45, 7) is 5.11. The number of ether oxygens (including phenoxy) is 1. The van der Waals surface area contributed by atoms with Gasteiger partial charge in [0.15, 0.2) is 16.4 Å². The Hall–Kier alpha value is -2.07. The van der Waals surface area contributed by atoms with Crippen molar-refractivity contribution in [3.8, 4) is 0 Å². The van der Waals surface area contributed by atoms with Crippen LogP contribution < -0.4 is 5.32 Å². The van der Waals surface area contributed by atoms with E-state index in [9.17, 15) is 22.8 Å². The number of carbonyl (C=O) groups is 3. The number of rotatable bonds is 6. The number of amides is 2. The highest BCUT2D eigenvalue weighted by atomic mass is 32.2. The van der Waals surface area contributed by atoms with Crippen LogP contribution in [0.15, 0.2) is 23.1 Å². The lowest BCUT2D eigenvalue weighted by Crippen LogP contribution is -2.48. The highest BCUT2D eigenvalue weighted by Crippen LogP contribution is 2.36. The second-order valence-electron chi connectivity index (χ2n) is 7.65. The molecule has 3 unspecified atom stereocenters. The Labute approximate surface area is 180 Å². The lowest BCUT2D eigenvalue weighted by atomic mass is 10.1. The average molecular weight is 455 g/mol. The van der Waals surface area contributed by atoms with Crippen molar-refractivity contribution < 1.29 is 27.5 Å². The van der Waals surface area contributed by atoms with Gasteiger partial charge in [-0.3, -0.25) is 9.59 Å². The van der Waals surface area contributed by atoms with Gasteiger partial charge < -0.3 is 15.0 Å². The van der Waals surface area contributed by atoms with Gasteiger partial charge in [-0.1, -0.05) is 6.92 Å². The summed E-state index contributed by atoms with van der Waals surface area (Å²) in [6, 6.07) is 4.32. The van der Waals surface area contributed by atoms with E-state index in [0.717, 1.165) is 4.90 Å². The third kappa shape index (κ3) is 4.97. The fraction of sp³-hybridized carbons (Fsp3) is 0.550. The zero-order valence-electron chi connectivity index (χ0n) is 17.2. The molecule has 1 fully saturated rings. The summed E-state index contributed by atoms with van der Waals surface area (Å²) in [6.07, 6.45) is 1.06. The first-order valence-corrected chi connectivity index (χ1v) is 12.6. The number of sulfone groups is 1. The molecular weight excluding hydrogens is 428 g/mol. The van der Waals surface area contributed by atoms with Crippen molar-refractivity contribution in [2.75, 3.05) is 23.4 Å². The van der Waals surface area contributed by atoms with Crippen LogP contribution >= 0.6 is 11.8 Å². The van der Waals surface area contributed by atoms with Crippen LogP contribution in [0.3, 0.4) is 0 Å². The maximum Gasteiger partial charge on any atom is 0.338 e. The molecule has 0 aliphatic carbocycles. The first-order chi connectivity index (χ1) is 14.1. The first-order valence-electron chi connectivity index (χ1n) is 9.91. The molecule has 2 aliphatic rings. The molecular formula is C20H26N2O6S2. The maximum absolute atomic E-state index is 12.8. The van der Waals surface area contributed by atoms with E-state index in [4.69, 9.17) is 4.74 Å². The minimum atomic E-state index is -3.15. The molecule has 0 saturated carbocycles. The number of hydrogen-bond donors (Lipinski definition) is 1. The van der Waals surface area contributed by atoms with Crippen LogP contribution in [0.5, 0.6) is 0 Å². The van der Waals surface area contributed by atoms with Crippen molar-refractivity contribution in [3.05, 3.63) is 23.8 Å². The number of anilines is 1. The monoisotopic (exact) mass is 454 g/mol. The smallest absolute Gasteiger partial charge is 0.338 e. The molecule has 1 aromatic rings. The molecule has 10 heteroatoms. The Morgan fingerprint density at radius 1 is 1.37 bits per heavy atom. The van der Waals surface area contributed by atoms with Gasteiger partial charge in [0, 0.05) is 17.0 Å². The van der Waals surface area contributed by atoms with Crippen LogP contribution in [0.25, 0.3) is 0 Å². The lowest BCUT2D eigenvalue weighted by molar-refractivity contribution is -0.138. The summed E-state index contributed by atoms with van der Waals surface area (Å²) >= 11 is 1.41. The average Bonchev–Trinajstić information content (AvgIpc) is 3.05. The predicted octanol–water partition coefficient (Wildman–Crippen LogP) is 2.09. The van der Waals surface area contributed by atoms with Gasteiger partial charge in [0.05, 0.1) is 28.0 Å². The third-order valence-corrected chi connectivity index (χ3v) is 8.36. The molecule has 0 radical (unpaired) electrons. The molecule has 1 N–H and O–H groups in total. The predicted molar refractivity (Wildman–Crippen MR) is 114 cm³/mol. The molecule has 2 aliphatic heterocycles. The van der Waals surface area contributed by atoms with Crippen LogP contribution in [0.2, 0.25) is 0 Å². The normalized spacial score (nSPS) is 23.2. The van der Waals surface area contributed by atoms with Gasteiger partial charge in [-0.15, -0.1) is 11.8 Å². The van der Waals surface area contributed by atoms with Gasteiger partial charge in [-0.25, -0.2) is 13.2 Å². The Morgan fingerprint density at radius 2 is 2.10 bits per heavy atom. The molecule has 0 aromatic heterocycles. The molecule has 30 heavy (non-hydrogen) atoms. The molecule has 0 bridgehead atoms. The molecule has 164 valence electrons. The topological polar surface area (TPSA) is 110 Å². The van der Waals surface area contributed by atoms with E-state index >= 15 is 0 Å². The van der Waals surface area contributed by atoms with E-state index in [1.54, 1.807) is 24.0 Å². The number of hydrogen-bond acceptors (Lipinski definition) is 7. The number of esters is 1. The van der Waals surface area contributed by atoms with E-state index in [1.807, 2.05) is 13.8 Å². The van der Waals surface area contributed by atoms with Crippen molar-refractivity contribution >= 4 is 45.1 Å². The fourth-order valence-electron chi connectivity index (χ4n) is 3.62. The second-order valence-corrected chi connectivity index (χ2v) is 11.3. The van der Waals surface area contributed by atoms with Crippen LogP contribution in [0.4, 0.5) is 5.69 Å².